The van der Waals surface area contributed by atoms with E-state index in [9.17, 15) is 14.0 Å². The van der Waals surface area contributed by atoms with Crippen LogP contribution in [0.1, 0.15) is 28.3 Å². The fraction of sp³-hybridized carbons (Fsp3) is 0.200. The third-order valence-corrected chi connectivity index (χ3v) is 4.51. The van der Waals surface area contributed by atoms with Crippen LogP contribution in [0.5, 0.6) is 0 Å². The van der Waals surface area contributed by atoms with Gasteiger partial charge in [0.1, 0.15) is 11.6 Å². The number of rotatable bonds is 3. The molecule has 6 heteroatoms. The highest BCUT2D eigenvalue weighted by Gasteiger charge is 2.28. The number of benzene rings is 1. The van der Waals surface area contributed by atoms with Crippen molar-refractivity contribution >= 4 is 11.6 Å². The molecule has 5 nitrogen and oxygen atoms in total. The van der Waals surface area contributed by atoms with Gasteiger partial charge in [0.25, 0.3) is 11.5 Å². The van der Waals surface area contributed by atoms with Gasteiger partial charge in [-0.1, -0.05) is 18.2 Å². The number of aromatic nitrogens is 1. The Morgan fingerprint density at radius 3 is 2.85 bits per heavy atom. The number of aryl methyl sites for hydroxylation is 1. The van der Waals surface area contributed by atoms with Crippen molar-refractivity contribution in [3.63, 3.8) is 0 Å². The molecule has 3 heterocycles. The van der Waals surface area contributed by atoms with Crippen molar-refractivity contribution in [2.24, 2.45) is 0 Å². The number of carbonyl (C=O) groups is 1. The van der Waals surface area contributed by atoms with Crippen molar-refractivity contribution in [2.75, 3.05) is 11.4 Å². The number of furan rings is 1. The highest BCUT2D eigenvalue weighted by atomic mass is 19.1. The second-order valence-corrected chi connectivity index (χ2v) is 6.24. The van der Waals surface area contributed by atoms with Crippen LogP contribution in [0.3, 0.4) is 0 Å². The lowest BCUT2D eigenvalue weighted by molar-refractivity contribution is 0.0955. The predicted molar refractivity (Wildman–Crippen MR) is 94.9 cm³/mol. The summed E-state index contributed by atoms with van der Waals surface area (Å²) in [7, 11) is 0. The first-order valence-electron chi connectivity index (χ1n) is 8.47. The summed E-state index contributed by atoms with van der Waals surface area (Å²) in [6.07, 6.45) is 3.18. The Morgan fingerprint density at radius 2 is 2.00 bits per heavy atom. The number of hydrogen-bond donors (Lipinski definition) is 0. The van der Waals surface area contributed by atoms with E-state index in [0.717, 1.165) is 18.4 Å². The van der Waals surface area contributed by atoms with Crippen molar-refractivity contribution < 1.29 is 13.6 Å². The smallest absolute Gasteiger partial charge is 0.294 e. The van der Waals surface area contributed by atoms with Crippen LogP contribution >= 0.6 is 0 Å². The number of nitrogens with zero attached hydrogens (tertiary/aromatic N) is 2. The van der Waals surface area contributed by atoms with Crippen LogP contribution in [0.4, 0.5) is 10.1 Å². The molecule has 4 rings (SSSR count). The number of para-hydroxylation sites is 1. The Balaban J connectivity index is 1.60. The number of carbonyl (C=O) groups excluding carboxylic acids is 1. The lowest BCUT2D eigenvalue weighted by Gasteiger charge is -2.29. The summed E-state index contributed by atoms with van der Waals surface area (Å²) in [5.41, 5.74) is 1.01. The molecule has 2 aromatic heterocycles. The summed E-state index contributed by atoms with van der Waals surface area (Å²) in [6.45, 7) is 0.679. The van der Waals surface area contributed by atoms with Gasteiger partial charge in [-0.15, -0.1) is 0 Å². The van der Waals surface area contributed by atoms with E-state index in [-0.39, 0.29) is 23.8 Å². The molecule has 0 saturated carbocycles. The molecule has 1 aliphatic heterocycles. The minimum Gasteiger partial charge on any atom is -0.454 e. The summed E-state index contributed by atoms with van der Waals surface area (Å²) < 4.78 is 21.4. The molecule has 26 heavy (non-hydrogen) atoms. The first-order valence-corrected chi connectivity index (χ1v) is 8.47. The number of fused-ring (bicyclic) bond motifs is 1. The summed E-state index contributed by atoms with van der Waals surface area (Å²) in [6, 6.07) is 13.0. The van der Waals surface area contributed by atoms with E-state index in [4.69, 9.17) is 4.42 Å². The molecule has 1 amide bonds. The van der Waals surface area contributed by atoms with Gasteiger partial charge in [-0.3, -0.25) is 9.59 Å². The summed E-state index contributed by atoms with van der Waals surface area (Å²) >= 11 is 0. The zero-order chi connectivity index (χ0) is 18.1. The molecule has 0 bridgehead atoms. The van der Waals surface area contributed by atoms with E-state index in [2.05, 4.69) is 0 Å². The highest BCUT2D eigenvalue weighted by Crippen LogP contribution is 2.31. The van der Waals surface area contributed by atoms with Gasteiger partial charge in [0.05, 0.1) is 12.2 Å². The van der Waals surface area contributed by atoms with E-state index in [1.165, 1.54) is 21.6 Å². The Labute approximate surface area is 149 Å². The maximum atomic E-state index is 14.3. The molecule has 1 aromatic carbocycles. The third kappa shape index (κ3) is 2.94. The quantitative estimate of drug-likeness (QED) is 0.727. The standard InChI is InChI=1S/C20H17FN2O3/c21-16-7-3-5-14-6-4-12-23(19(14)16)20(25)17-10-9-15(26-17)13-22-11-2-1-8-18(22)24/h1-3,5,7-11H,4,6,12-13H2. The molecule has 0 radical (unpaired) electrons. The van der Waals surface area contributed by atoms with E-state index in [1.54, 1.807) is 36.5 Å². The fourth-order valence-corrected chi connectivity index (χ4v) is 3.28. The minimum absolute atomic E-state index is 0.139. The molecular weight excluding hydrogens is 335 g/mol. The molecule has 0 fully saturated rings. The van der Waals surface area contributed by atoms with E-state index in [0.29, 0.717) is 18.0 Å². The largest absolute Gasteiger partial charge is 0.454 e. The number of pyridine rings is 1. The third-order valence-electron chi connectivity index (χ3n) is 4.51. The molecule has 3 aromatic rings. The van der Waals surface area contributed by atoms with Gasteiger partial charge in [0.15, 0.2) is 5.76 Å². The molecule has 132 valence electrons. The lowest BCUT2D eigenvalue weighted by Crippen LogP contribution is -2.36. The molecule has 0 saturated heterocycles. The van der Waals surface area contributed by atoms with Crippen LogP contribution in [-0.2, 0) is 13.0 Å². The van der Waals surface area contributed by atoms with Crippen LogP contribution in [-0.4, -0.2) is 17.0 Å². The average molecular weight is 352 g/mol. The van der Waals surface area contributed by atoms with E-state index < -0.39 is 5.82 Å². The van der Waals surface area contributed by atoms with Crippen LogP contribution in [0.2, 0.25) is 0 Å². The maximum Gasteiger partial charge on any atom is 0.294 e. The average Bonchev–Trinajstić information content (AvgIpc) is 3.11. The predicted octanol–water partition coefficient (Wildman–Crippen LogP) is 3.22. The van der Waals surface area contributed by atoms with Crippen molar-refractivity contribution in [1.82, 2.24) is 4.57 Å². The Morgan fingerprint density at radius 1 is 1.12 bits per heavy atom. The molecule has 0 atom stereocenters. The summed E-state index contributed by atoms with van der Waals surface area (Å²) in [5, 5.41) is 0. The van der Waals surface area contributed by atoms with Crippen LogP contribution in [0.15, 0.2) is 63.9 Å². The van der Waals surface area contributed by atoms with Gasteiger partial charge in [0, 0.05) is 18.8 Å². The Bertz CT molecular complexity index is 1020. The van der Waals surface area contributed by atoms with Crippen LogP contribution in [0.25, 0.3) is 0 Å². The normalized spacial score (nSPS) is 13.5. The van der Waals surface area contributed by atoms with Crippen molar-refractivity contribution in [2.45, 2.75) is 19.4 Å². The SMILES string of the molecule is O=C(c1ccc(Cn2ccccc2=O)o1)N1CCCc2cccc(F)c21. The molecule has 0 N–H and O–H groups in total. The highest BCUT2D eigenvalue weighted by molar-refractivity contribution is 6.05. The van der Waals surface area contributed by atoms with Gasteiger partial charge in [-0.2, -0.15) is 0 Å². The van der Waals surface area contributed by atoms with E-state index >= 15 is 0 Å². The lowest BCUT2D eigenvalue weighted by atomic mass is 10.0. The molecule has 1 aliphatic rings. The number of anilines is 1. The Hall–Kier alpha value is -3.15. The Kier molecular flexibility index (Phi) is 4.16. The molecule has 0 unspecified atom stereocenters. The minimum atomic E-state index is -0.404. The monoisotopic (exact) mass is 352 g/mol. The topological polar surface area (TPSA) is 55.5 Å². The van der Waals surface area contributed by atoms with Crippen molar-refractivity contribution in [1.29, 1.82) is 0 Å². The number of halogens is 1. The second-order valence-electron chi connectivity index (χ2n) is 6.24. The maximum absolute atomic E-state index is 14.3. The van der Waals surface area contributed by atoms with Gasteiger partial charge in [0.2, 0.25) is 0 Å². The van der Waals surface area contributed by atoms with Gasteiger partial charge >= 0.3 is 0 Å². The molecular formula is C20H17FN2O3. The van der Waals surface area contributed by atoms with E-state index in [1.807, 2.05) is 6.07 Å². The van der Waals surface area contributed by atoms with Gasteiger partial charge in [-0.05, 0) is 42.7 Å². The first-order chi connectivity index (χ1) is 12.6. The van der Waals surface area contributed by atoms with Gasteiger partial charge < -0.3 is 13.9 Å². The zero-order valence-electron chi connectivity index (χ0n) is 14.0. The number of amides is 1. The first kappa shape index (κ1) is 16.3. The van der Waals surface area contributed by atoms with Gasteiger partial charge in [-0.25, -0.2) is 4.39 Å². The summed E-state index contributed by atoms with van der Waals surface area (Å²) in [4.78, 5) is 26.1. The molecule has 0 aliphatic carbocycles. The van der Waals surface area contributed by atoms with Crippen molar-refractivity contribution in [3.05, 3.63) is 88.0 Å². The summed E-state index contributed by atoms with van der Waals surface area (Å²) in [5.74, 6) is -0.145. The molecule has 0 spiro atoms. The number of hydrogen-bond acceptors (Lipinski definition) is 3. The fourth-order valence-electron chi connectivity index (χ4n) is 3.28. The zero-order valence-corrected chi connectivity index (χ0v) is 14.0. The van der Waals surface area contributed by atoms with Crippen molar-refractivity contribution in [3.8, 4) is 0 Å². The van der Waals surface area contributed by atoms with Crippen LogP contribution in [0, 0.1) is 5.82 Å². The second kappa shape index (κ2) is 6.63. The van der Waals surface area contributed by atoms with Crippen LogP contribution < -0.4 is 10.5 Å².